The Morgan fingerprint density at radius 1 is 1.11 bits per heavy atom. The zero-order valence-electron chi connectivity index (χ0n) is 15.0. The number of carbonyl (C=O) groups is 1. The maximum absolute atomic E-state index is 13.1. The van der Waals surface area contributed by atoms with E-state index in [2.05, 4.69) is 27.9 Å². The van der Waals surface area contributed by atoms with Crippen molar-refractivity contribution in [2.75, 3.05) is 10.7 Å². The molecule has 2 unspecified atom stereocenters. The summed E-state index contributed by atoms with van der Waals surface area (Å²) in [6.45, 7) is 2.11. The number of aromatic nitrogens is 3. The topological polar surface area (TPSA) is 71.8 Å². The van der Waals surface area contributed by atoms with E-state index in [4.69, 9.17) is 0 Å². The Kier molecular flexibility index (Phi) is 5.11. The highest BCUT2D eigenvalue weighted by atomic mass is 32.2. The van der Waals surface area contributed by atoms with Crippen molar-refractivity contribution >= 4 is 23.4 Å². The summed E-state index contributed by atoms with van der Waals surface area (Å²) in [5, 5.41) is 11.9. The van der Waals surface area contributed by atoms with Crippen LogP contribution in [0.15, 0.2) is 65.8 Å². The predicted octanol–water partition coefficient (Wildman–Crippen LogP) is 3.63. The van der Waals surface area contributed by atoms with Crippen molar-refractivity contribution < 1.29 is 4.79 Å². The van der Waals surface area contributed by atoms with Crippen molar-refractivity contribution in [1.29, 1.82) is 0 Å². The number of amides is 1. The summed E-state index contributed by atoms with van der Waals surface area (Å²) in [4.78, 5) is 13.1. The molecule has 0 bridgehead atoms. The zero-order valence-corrected chi connectivity index (χ0v) is 15.8. The summed E-state index contributed by atoms with van der Waals surface area (Å²) in [6, 6.07) is 19.4. The second kappa shape index (κ2) is 7.84. The Labute approximate surface area is 162 Å². The third kappa shape index (κ3) is 3.68. The van der Waals surface area contributed by atoms with Gasteiger partial charge in [-0.2, -0.15) is 0 Å². The minimum Gasteiger partial charge on any atom is -0.325 e. The number of benzene rings is 2. The highest BCUT2D eigenvalue weighted by molar-refractivity contribution is 8.00. The zero-order chi connectivity index (χ0) is 18.6. The number of nitrogens with one attached hydrogen (secondary N) is 2. The highest BCUT2D eigenvalue weighted by Gasteiger charge is 2.37. The first-order chi connectivity index (χ1) is 13.3. The third-order valence-electron chi connectivity index (χ3n) is 4.44. The van der Waals surface area contributed by atoms with Gasteiger partial charge in [-0.15, -0.1) is 10.2 Å². The number of fused-ring (bicyclic) bond motifs is 1. The predicted molar refractivity (Wildman–Crippen MR) is 107 cm³/mol. The minimum atomic E-state index is -0.362. The molecule has 0 saturated heterocycles. The number of hydrogen-bond donors (Lipinski definition) is 2. The van der Waals surface area contributed by atoms with Crippen LogP contribution in [0.5, 0.6) is 0 Å². The molecule has 1 aromatic heterocycles. The smallest absolute Gasteiger partial charge is 0.240 e. The van der Waals surface area contributed by atoms with E-state index in [0.29, 0.717) is 0 Å². The number of thioether (sulfide) groups is 1. The average molecular weight is 379 g/mol. The van der Waals surface area contributed by atoms with E-state index >= 15 is 0 Å². The first kappa shape index (κ1) is 17.6. The quantitative estimate of drug-likeness (QED) is 0.708. The van der Waals surface area contributed by atoms with Crippen LogP contribution >= 0.6 is 11.8 Å². The lowest BCUT2D eigenvalue weighted by Gasteiger charge is -2.33. The Morgan fingerprint density at radius 2 is 1.81 bits per heavy atom. The van der Waals surface area contributed by atoms with Crippen LogP contribution in [-0.4, -0.2) is 26.0 Å². The molecule has 7 heteroatoms. The summed E-state index contributed by atoms with van der Waals surface area (Å²) < 4.78 is 1.93. The lowest BCUT2D eigenvalue weighted by Crippen LogP contribution is -2.41. The molecule has 3 aromatic rings. The molecular weight excluding hydrogens is 358 g/mol. The van der Waals surface area contributed by atoms with Gasteiger partial charge in [-0.1, -0.05) is 67.2 Å². The molecule has 4 rings (SSSR count). The first-order valence-electron chi connectivity index (χ1n) is 9.04. The second-order valence-corrected chi connectivity index (χ2v) is 7.50. The number of nitrogens with zero attached hydrogens (tertiary/aromatic N) is 3. The Hall–Kier alpha value is -2.80. The molecule has 0 radical (unpaired) electrons. The Morgan fingerprint density at radius 3 is 2.52 bits per heavy atom. The molecule has 2 aromatic carbocycles. The van der Waals surface area contributed by atoms with Gasteiger partial charge in [0.05, 0.1) is 6.04 Å². The highest BCUT2D eigenvalue weighted by Crippen LogP contribution is 2.37. The summed E-state index contributed by atoms with van der Waals surface area (Å²) in [5.41, 5.74) is 5.31. The van der Waals surface area contributed by atoms with E-state index in [9.17, 15) is 4.79 Å². The van der Waals surface area contributed by atoms with Gasteiger partial charge in [0.2, 0.25) is 11.1 Å². The fourth-order valence-electron chi connectivity index (χ4n) is 3.13. The summed E-state index contributed by atoms with van der Waals surface area (Å²) in [5.74, 6) is 0.835. The monoisotopic (exact) mass is 379 g/mol. The van der Waals surface area contributed by atoms with Crippen molar-refractivity contribution in [2.45, 2.75) is 36.2 Å². The van der Waals surface area contributed by atoms with Gasteiger partial charge in [-0.05, 0) is 24.1 Å². The van der Waals surface area contributed by atoms with Crippen LogP contribution in [-0.2, 0) is 11.2 Å². The van der Waals surface area contributed by atoms with Gasteiger partial charge >= 0.3 is 0 Å². The van der Waals surface area contributed by atoms with E-state index in [-0.39, 0.29) is 17.2 Å². The molecule has 0 spiro atoms. The van der Waals surface area contributed by atoms with Crippen LogP contribution in [0.2, 0.25) is 0 Å². The molecule has 138 valence electrons. The van der Waals surface area contributed by atoms with Crippen LogP contribution < -0.4 is 10.7 Å². The number of anilines is 1. The molecule has 0 aliphatic carbocycles. The van der Waals surface area contributed by atoms with Gasteiger partial charge in [-0.25, -0.2) is 4.68 Å². The number of para-hydroxylation sites is 1. The molecule has 0 saturated carbocycles. The summed E-state index contributed by atoms with van der Waals surface area (Å²) in [6.07, 6.45) is 1.82. The van der Waals surface area contributed by atoms with Crippen molar-refractivity contribution in [1.82, 2.24) is 14.9 Å². The lowest BCUT2D eigenvalue weighted by molar-refractivity contribution is -0.116. The van der Waals surface area contributed by atoms with Crippen LogP contribution in [0.4, 0.5) is 5.69 Å². The van der Waals surface area contributed by atoms with Crippen LogP contribution in [0.1, 0.15) is 30.8 Å². The van der Waals surface area contributed by atoms with E-state index in [1.807, 2.05) is 65.3 Å². The lowest BCUT2D eigenvalue weighted by atomic mass is 10.0. The first-order valence-corrected chi connectivity index (χ1v) is 9.92. The summed E-state index contributed by atoms with van der Waals surface area (Å²) >= 11 is 1.45. The molecule has 6 nitrogen and oxygen atoms in total. The molecule has 0 fully saturated rings. The molecule has 2 heterocycles. The molecule has 1 aliphatic heterocycles. The fourth-order valence-corrected chi connectivity index (χ4v) is 4.23. The van der Waals surface area contributed by atoms with Crippen molar-refractivity contribution in [2.24, 2.45) is 0 Å². The van der Waals surface area contributed by atoms with Gasteiger partial charge in [0.25, 0.3) is 0 Å². The molecule has 1 amide bonds. The van der Waals surface area contributed by atoms with E-state index < -0.39 is 0 Å². The summed E-state index contributed by atoms with van der Waals surface area (Å²) in [7, 11) is 0. The van der Waals surface area contributed by atoms with Gasteiger partial charge in [0.15, 0.2) is 5.82 Å². The molecule has 2 atom stereocenters. The van der Waals surface area contributed by atoms with Crippen LogP contribution in [0.25, 0.3) is 0 Å². The molecule has 1 aliphatic rings. The van der Waals surface area contributed by atoms with E-state index in [0.717, 1.165) is 35.1 Å². The average Bonchev–Trinajstić information content (AvgIpc) is 3.11. The van der Waals surface area contributed by atoms with Crippen molar-refractivity contribution in [3.63, 3.8) is 0 Å². The molecule has 27 heavy (non-hydrogen) atoms. The molecular formula is C20H21N5OS. The minimum absolute atomic E-state index is 0.0566. The molecule has 2 N–H and O–H groups in total. The normalized spacial score (nSPS) is 18.4. The number of aryl methyl sites for hydroxylation is 1. The van der Waals surface area contributed by atoms with Crippen LogP contribution in [0.3, 0.4) is 0 Å². The van der Waals surface area contributed by atoms with E-state index in [1.54, 1.807) is 0 Å². The van der Waals surface area contributed by atoms with Gasteiger partial charge in [0, 0.05) is 12.1 Å². The van der Waals surface area contributed by atoms with E-state index in [1.165, 1.54) is 11.8 Å². The van der Waals surface area contributed by atoms with Crippen molar-refractivity contribution in [3.8, 4) is 0 Å². The maximum Gasteiger partial charge on any atom is 0.240 e. The third-order valence-corrected chi connectivity index (χ3v) is 5.65. The standard InChI is InChI=1S/C20H21N5OS/c1-2-9-16-22-23-20-25(16)24-17(14-10-5-3-6-11-14)18(27-20)19(26)21-15-12-7-4-8-13-15/h3-8,10-13,17-18,24H,2,9H2,1H3,(H,21,26). The number of hydrogen-bond acceptors (Lipinski definition) is 5. The largest absolute Gasteiger partial charge is 0.325 e. The van der Waals surface area contributed by atoms with Gasteiger partial charge < -0.3 is 10.7 Å². The Balaban J connectivity index is 1.66. The number of carbonyl (C=O) groups excluding carboxylic acids is 1. The van der Waals surface area contributed by atoms with Gasteiger partial charge in [0.1, 0.15) is 5.25 Å². The van der Waals surface area contributed by atoms with Crippen molar-refractivity contribution in [3.05, 3.63) is 72.1 Å². The fraction of sp³-hybridized carbons (Fsp3) is 0.250. The SMILES string of the molecule is CCCc1nnc2n1NC(c1ccccc1)C(C(=O)Nc1ccccc1)S2. The van der Waals surface area contributed by atoms with Crippen LogP contribution in [0, 0.1) is 0 Å². The second-order valence-electron chi connectivity index (χ2n) is 6.40. The Bertz CT molecular complexity index is 913. The maximum atomic E-state index is 13.1. The number of rotatable bonds is 5. The van der Waals surface area contributed by atoms with Gasteiger partial charge in [-0.3, -0.25) is 4.79 Å².